The first-order chi connectivity index (χ1) is 15.2. The van der Waals surface area contributed by atoms with Gasteiger partial charge in [0.2, 0.25) is 0 Å². The Bertz CT molecular complexity index is 915. The highest BCUT2D eigenvalue weighted by molar-refractivity contribution is 6.05. The Morgan fingerprint density at radius 2 is 1.69 bits per heavy atom. The lowest BCUT2D eigenvalue weighted by atomic mass is 10.1. The Labute approximate surface area is 191 Å². The molecule has 0 aliphatic carbocycles. The van der Waals surface area contributed by atoms with Gasteiger partial charge in [-0.25, -0.2) is 4.79 Å². The van der Waals surface area contributed by atoms with Crippen molar-refractivity contribution in [3.05, 3.63) is 59.7 Å². The number of hydrogen-bond donors (Lipinski definition) is 3. The van der Waals surface area contributed by atoms with E-state index in [2.05, 4.69) is 15.5 Å². The van der Waals surface area contributed by atoms with Gasteiger partial charge in [-0.15, -0.1) is 0 Å². The predicted molar refractivity (Wildman–Crippen MR) is 130 cm³/mol. The highest BCUT2D eigenvalue weighted by Gasteiger charge is 2.21. The van der Waals surface area contributed by atoms with Gasteiger partial charge in [-0.05, 0) is 76.5 Å². The second-order valence-electron chi connectivity index (χ2n) is 9.39. The Balaban J connectivity index is 1.64. The van der Waals surface area contributed by atoms with E-state index >= 15 is 0 Å². The zero-order valence-electron chi connectivity index (χ0n) is 19.4. The average molecular weight is 438 g/mol. The molecule has 0 saturated carbocycles. The summed E-state index contributed by atoms with van der Waals surface area (Å²) in [7, 11) is 0. The van der Waals surface area contributed by atoms with Crippen molar-refractivity contribution in [3.63, 3.8) is 0 Å². The van der Waals surface area contributed by atoms with Crippen LogP contribution in [-0.2, 0) is 6.54 Å². The molecule has 172 valence electrons. The molecule has 1 aliphatic rings. The molecule has 0 aromatic heterocycles. The average Bonchev–Trinajstić information content (AvgIpc) is 3.25. The predicted octanol–water partition coefficient (Wildman–Crippen LogP) is 3.93. The number of urea groups is 1. The first-order valence-electron chi connectivity index (χ1n) is 11.3. The largest absolute Gasteiger partial charge is 0.397 e. The summed E-state index contributed by atoms with van der Waals surface area (Å²) >= 11 is 0. The molecule has 1 fully saturated rings. The SMILES string of the molecule is CC(C)(C)NC(=O)N(CCN1CCCC1)Cc1ccc(C(=O)Nc2ccccc2N)cc1. The van der Waals surface area contributed by atoms with E-state index < -0.39 is 0 Å². The zero-order chi connectivity index (χ0) is 23.1. The molecule has 0 unspecified atom stereocenters. The monoisotopic (exact) mass is 437 g/mol. The van der Waals surface area contributed by atoms with Crippen LogP contribution in [0, 0.1) is 0 Å². The van der Waals surface area contributed by atoms with Crippen LogP contribution in [0.3, 0.4) is 0 Å². The van der Waals surface area contributed by atoms with Gasteiger partial charge in [-0.3, -0.25) is 4.79 Å². The topological polar surface area (TPSA) is 90.7 Å². The maximum absolute atomic E-state index is 12.9. The first-order valence-corrected chi connectivity index (χ1v) is 11.3. The number of para-hydroxylation sites is 2. The Kier molecular flexibility index (Phi) is 7.75. The number of amides is 3. The van der Waals surface area contributed by atoms with E-state index in [1.807, 2.05) is 49.9 Å². The van der Waals surface area contributed by atoms with Crippen molar-refractivity contribution in [1.29, 1.82) is 0 Å². The summed E-state index contributed by atoms with van der Waals surface area (Å²) in [4.78, 5) is 29.7. The van der Waals surface area contributed by atoms with Gasteiger partial charge >= 0.3 is 6.03 Å². The summed E-state index contributed by atoms with van der Waals surface area (Å²) in [5.74, 6) is -0.217. The quantitative estimate of drug-likeness (QED) is 0.573. The van der Waals surface area contributed by atoms with Gasteiger partial charge in [0.1, 0.15) is 0 Å². The first kappa shape index (κ1) is 23.6. The third-order valence-electron chi connectivity index (χ3n) is 5.45. The summed E-state index contributed by atoms with van der Waals surface area (Å²) in [6, 6.07) is 14.5. The molecule has 0 spiro atoms. The Hall–Kier alpha value is -3.06. The molecule has 3 amide bonds. The van der Waals surface area contributed by atoms with Crippen LogP contribution in [0.25, 0.3) is 0 Å². The number of carbonyl (C=O) groups is 2. The molecule has 4 N–H and O–H groups in total. The van der Waals surface area contributed by atoms with Gasteiger partial charge in [0.05, 0.1) is 11.4 Å². The molecule has 1 heterocycles. The number of hydrogen-bond acceptors (Lipinski definition) is 4. The molecular weight excluding hydrogens is 402 g/mol. The third-order valence-corrected chi connectivity index (χ3v) is 5.45. The van der Waals surface area contributed by atoms with Crippen molar-refractivity contribution in [2.45, 2.75) is 45.7 Å². The Morgan fingerprint density at radius 3 is 2.31 bits per heavy atom. The van der Waals surface area contributed by atoms with E-state index in [4.69, 9.17) is 5.73 Å². The van der Waals surface area contributed by atoms with Crippen molar-refractivity contribution in [3.8, 4) is 0 Å². The smallest absolute Gasteiger partial charge is 0.318 e. The number of carbonyl (C=O) groups excluding carboxylic acids is 2. The fourth-order valence-electron chi connectivity index (χ4n) is 3.71. The summed E-state index contributed by atoms with van der Waals surface area (Å²) in [5.41, 5.74) is 8.24. The van der Waals surface area contributed by atoms with Gasteiger partial charge in [-0.2, -0.15) is 0 Å². The molecule has 3 rings (SSSR count). The number of nitrogens with two attached hydrogens (primary N) is 1. The number of nitrogens with zero attached hydrogens (tertiary/aromatic N) is 2. The lowest BCUT2D eigenvalue weighted by Crippen LogP contribution is -2.49. The minimum atomic E-state index is -0.301. The summed E-state index contributed by atoms with van der Waals surface area (Å²) in [5, 5.41) is 5.91. The molecule has 1 saturated heterocycles. The maximum Gasteiger partial charge on any atom is 0.318 e. The van der Waals surface area contributed by atoms with Crippen LogP contribution in [0.1, 0.15) is 49.5 Å². The minimum Gasteiger partial charge on any atom is -0.397 e. The van der Waals surface area contributed by atoms with Crippen LogP contribution in [-0.4, -0.2) is 53.5 Å². The van der Waals surface area contributed by atoms with Crippen LogP contribution >= 0.6 is 0 Å². The lowest BCUT2D eigenvalue weighted by Gasteiger charge is -2.30. The normalized spacial score (nSPS) is 14.2. The molecule has 0 atom stereocenters. The number of anilines is 2. The number of rotatable bonds is 7. The molecule has 0 radical (unpaired) electrons. The van der Waals surface area contributed by atoms with Gasteiger partial charge < -0.3 is 26.2 Å². The van der Waals surface area contributed by atoms with E-state index in [0.717, 1.165) is 25.2 Å². The zero-order valence-corrected chi connectivity index (χ0v) is 19.4. The number of nitrogen functional groups attached to an aromatic ring is 1. The van der Waals surface area contributed by atoms with Crippen LogP contribution in [0.4, 0.5) is 16.2 Å². The van der Waals surface area contributed by atoms with Crippen LogP contribution < -0.4 is 16.4 Å². The number of likely N-dealkylation sites (tertiary alicyclic amines) is 1. The molecule has 7 nitrogen and oxygen atoms in total. The van der Waals surface area contributed by atoms with Crippen molar-refractivity contribution in [2.75, 3.05) is 37.2 Å². The van der Waals surface area contributed by atoms with Gasteiger partial charge in [0.15, 0.2) is 0 Å². The second-order valence-corrected chi connectivity index (χ2v) is 9.39. The van der Waals surface area contributed by atoms with Crippen molar-refractivity contribution < 1.29 is 9.59 Å². The molecule has 2 aromatic carbocycles. The second kappa shape index (κ2) is 10.5. The van der Waals surface area contributed by atoms with Crippen LogP contribution in [0.2, 0.25) is 0 Å². The van der Waals surface area contributed by atoms with E-state index in [0.29, 0.717) is 30.0 Å². The molecule has 1 aliphatic heterocycles. The van der Waals surface area contributed by atoms with Crippen molar-refractivity contribution >= 4 is 23.3 Å². The Morgan fingerprint density at radius 1 is 1.03 bits per heavy atom. The standard InChI is InChI=1S/C25H35N5O2/c1-25(2,3)28-24(32)30(17-16-29-14-6-7-15-29)18-19-10-12-20(13-11-19)23(31)27-22-9-5-4-8-21(22)26/h4-5,8-13H,6-7,14-18,26H2,1-3H3,(H,27,31)(H,28,32). The van der Waals surface area contributed by atoms with Crippen molar-refractivity contribution in [1.82, 2.24) is 15.1 Å². The molecular formula is C25H35N5O2. The van der Waals surface area contributed by atoms with Gasteiger partial charge in [0, 0.05) is 30.7 Å². The fraction of sp³-hybridized carbons (Fsp3) is 0.440. The fourth-order valence-corrected chi connectivity index (χ4v) is 3.71. The van der Waals surface area contributed by atoms with E-state index in [-0.39, 0.29) is 17.5 Å². The van der Waals surface area contributed by atoms with Crippen LogP contribution in [0.5, 0.6) is 0 Å². The summed E-state index contributed by atoms with van der Waals surface area (Å²) < 4.78 is 0. The minimum absolute atomic E-state index is 0.0712. The van der Waals surface area contributed by atoms with Gasteiger partial charge in [0.25, 0.3) is 5.91 Å². The molecule has 32 heavy (non-hydrogen) atoms. The number of nitrogens with one attached hydrogen (secondary N) is 2. The molecule has 7 heteroatoms. The molecule has 2 aromatic rings. The van der Waals surface area contributed by atoms with E-state index in [1.54, 1.807) is 24.3 Å². The van der Waals surface area contributed by atoms with Crippen molar-refractivity contribution in [2.24, 2.45) is 0 Å². The lowest BCUT2D eigenvalue weighted by molar-refractivity contribution is 0.102. The van der Waals surface area contributed by atoms with E-state index in [1.165, 1.54) is 12.8 Å². The van der Waals surface area contributed by atoms with E-state index in [9.17, 15) is 9.59 Å². The van der Waals surface area contributed by atoms with Gasteiger partial charge in [-0.1, -0.05) is 24.3 Å². The summed E-state index contributed by atoms with van der Waals surface area (Å²) in [6.45, 7) is 10.2. The highest BCUT2D eigenvalue weighted by Crippen LogP contribution is 2.18. The molecule has 0 bridgehead atoms. The maximum atomic E-state index is 12.9. The van der Waals surface area contributed by atoms with Crippen LogP contribution in [0.15, 0.2) is 48.5 Å². The summed E-state index contributed by atoms with van der Waals surface area (Å²) in [6.07, 6.45) is 2.46. The highest BCUT2D eigenvalue weighted by atomic mass is 16.2. The third kappa shape index (κ3) is 6.99. The number of benzene rings is 2.